The van der Waals surface area contributed by atoms with Crippen LogP contribution in [0.2, 0.25) is 0 Å². The molecule has 0 aliphatic carbocycles. The third-order valence-electron chi connectivity index (χ3n) is 1.90. The predicted molar refractivity (Wildman–Crippen MR) is 40.5 cm³/mol. The first kappa shape index (κ1) is 6.67. The fourth-order valence-electron chi connectivity index (χ4n) is 1.36. The van der Waals surface area contributed by atoms with Crippen molar-refractivity contribution in [2.75, 3.05) is 13.2 Å². The third-order valence-corrected chi connectivity index (χ3v) is 1.90. The Morgan fingerprint density at radius 3 is 3.36 bits per heavy atom. The Hall–Kier alpha value is -1.03. The van der Waals surface area contributed by atoms with Gasteiger partial charge in [-0.3, -0.25) is 5.10 Å². The van der Waals surface area contributed by atoms with Crippen LogP contribution in [0.4, 0.5) is 0 Å². The van der Waals surface area contributed by atoms with Crippen LogP contribution in [0, 0.1) is 0 Å². The smallest absolute Gasteiger partial charge is 0.236 e. The van der Waals surface area contributed by atoms with E-state index in [0.717, 1.165) is 31.0 Å². The van der Waals surface area contributed by atoms with Crippen LogP contribution in [0.15, 0.2) is 0 Å². The van der Waals surface area contributed by atoms with E-state index in [1.807, 2.05) is 0 Å². The molecule has 0 fully saturated rings. The van der Waals surface area contributed by atoms with Gasteiger partial charge in [-0.15, -0.1) is 5.10 Å². The Balaban J connectivity index is 2.27. The molecule has 0 saturated heterocycles. The van der Waals surface area contributed by atoms with Crippen LogP contribution < -0.4 is 10.5 Å². The van der Waals surface area contributed by atoms with E-state index in [0.29, 0.717) is 6.54 Å². The molecule has 11 heavy (non-hydrogen) atoms. The molecule has 1 aliphatic rings. The molecule has 0 bridgehead atoms. The molecule has 1 aromatic rings. The molecule has 0 aromatic carbocycles. The van der Waals surface area contributed by atoms with Crippen LogP contribution in [0.3, 0.4) is 0 Å². The predicted octanol–water partition coefficient (Wildman–Crippen LogP) is -0.154. The number of H-pyrrole nitrogens is 1. The van der Waals surface area contributed by atoms with Crippen molar-refractivity contribution in [3.05, 3.63) is 11.3 Å². The van der Waals surface area contributed by atoms with E-state index in [-0.39, 0.29) is 0 Å². The molecule has 0 unspecified atom stereocenters. The Morgan fingerprint density at radius 2 is 2.55 bits per heavy atom. The number of hydrogen-bond acceptors (Lipinski definition) is 3. The van der Waals surface area contributed by atoms with Crippen LogP contribution >= 0.6 is 0 Å². The van der Waals surface area contributed by atoms with Crippen LogP contribution in [0.1, 0.15) is 11.3 Å². The molecule has 2 heterocycles. The topological polar surface area (TPSA) is 63.9 Å². The monoisotopic (exact) mass is 153 g/mol. The number of hydrogen-bond donors (Lipinski definition) is 2. The van der Waals surface area contributed by atoms with Crippen LogP contribution in [0.25, 0.3) is 0 Å². The first-order valence-corrected chi connectivity index (χ1v) is 3.81. The summed E-state index contributed by atoms with van der Waals surface area (Å²) in [6.07, 6.45) is 1.84. The molecule has 0 amide bonds. The zero-order valence-corrected chi connectivity index (χ0v) is 6.26. The van der Waals surface area contributed by atoms with Gasteiger partial charge >= 0.3 is 0 Å². The maximum Gasteiger partial charge on any atom is 0.236 e. The van der Waals surface area contributed by atoms with E-state index in [4.69, 9.17) is 10.5 Å². The van der Waals surface area contributed by atoms with Crippen molar-refractivity contribution in [2.24, 2.45) is 5.73 Å². The lowest BCUT2D eigenvalue weighted by molar-refractivity contribution is 0.341. The van der Waals surface area contributed by atoms with Gasteiger partial charge in [0.2, 0.25) is 5.88 Å². The van der Waals surface area contributed by atoms with Crippen LogP contribution in [0.5, 0.6) is 5.88 Å². The lowest BCUT2D eigenvalue weighted by Gasteiger charge is -1.93. The van der Waals surface area contributed by atoms with Crippen molar-refractivity contribution >= 4 is 0 Å². The Labute approximate surface area is 64.7 Å². The minimum atomic E-state index is 0.661. The molecule has 0 saturated carbocycles. The van der Waals surface area contributed by atoms with E-state index in [1.54, 1.807) is 0 Å². The average Bonchev–Trinajstić information content (AvgIpc) is 2.53. The Morgan fingerprint density at radius 1 is 1.64 bits per heavy atom. The average molecular weight is 153 g/mol. The van der Waals surface area contributed by atoms with Gasteiger partial charge in [-0.25, -0.2) is 0 Å². The number of aromatic nitrogens is 2. The van der Waals surface area contributed by atoms with E-state index in [2.05, 4.69) is 10.2 Å². The zero-order valence-electron chi connectivity index (χ0n) is 6.26. The second-order valence-corrected chi connectivity index (χ2v) is 2.62. The summed E-state index contributed by atoms with van der Waals surface area (Å²) in [5, 5.41) is 6.93. The maximum atomic E-state index is 5.43. The number of ether oxygens (including phenoxy) is 1. The van der Waals surface area contributed by atoms with Gasteiger partial charge in [0.15, 0.2) is 0 Å². The normalized spacial score (nSPS) is 14.6. The molecule has 0 atom stereocenters. The first-order valence-electron chi connectivity index (χ1n) is 3.81. The molecular formula is C7H11N3O. The van der Waals surface area contributed by atoms with Gasteiger partial charge in [-0.1, -0.05) is 0 Å². The number of fused-ring (bicyclic) bond motifs is 1. The van der Waals surface area contributed by atoms with Crippen molar-refractivity contribution in [2.45, 2.75) is 12.8 Å². The van der Waals surface area contributed by atoms with Crippen molar-refractivity contribution in [3.63, 3.8) is 0 Å². The van der Waals surface area contributed by atoms with Gasteiger partial charge in [0.05, 0.1) is 6.61 Å². The van der Waals surface area contributed by atoms with Gasteiger partial charge < -0.3 is 10.5 Å². The van der Waals surface area contributed by atoms with Crippen molar-refractivity contribution < 1.29 is 4.74 Å². The Kier molecular flexibility index (Phi) is 1.54. The first-order chi connectivity index (χ1) is 5.42. The fourth-order valence-corrected chi connectivity index (χ4v) is 1.36. The van der Waals surface area contributed by atoms with Gasteiger partial charge in [0.1, 0.15) is 0 Å². The van der Waals surface area contributed by atoms with Crippen molar-refractivity contribution in [1.29, 1.82) is 0 Å². The van der Waals surface area contributed by atoms with Gasteiger partial charge in [0, 0.05) is 24.1 Å². The Bertz CT molecular complexity index is 256. The molecule has 60 valence electrons. The summed E-state index contributed by atoms with van der Waals surface area (Å²) in [6.45, 7) is 1.43. The molecular weight excluding hydrogens is 142 g/mol. The molecule has 0 radical (unpaired) electrons. The number of nitrogens with one attached hydrogen (secondary N) is 1. The lowest BCUT2D eigenvalue weighted by atomic mass is 10.1. The maximum absolute atomic E-state index is 5.43. The van der Waals surface area contributed by atoms with E-state index in [9.17, 15) is 0 Å². The minimum Gasteiger partial charge on any atom is -0.476 e. The van der Waals surface area contributed by atoms with Crippen LogP contribution in [-0.2, 0) is 12.8 Å². The molecule has 1 aliphatic heterocycles. The molecule has 4 heteroatoms. The summed E-state index contributed by atoms with van der Waals surface area (Å²) in [7, 11) is 0. The van der Waals surface area contributed by atoms with Gasteiger partial charge in [-0.2, -0.15) is 0 Å². The second-order valence-electron chi connectivity index (χ2n) is 2.62. The molecule has 4 nitrogen and oxygen atoms in total. The van der Waals surface area contributed by atoms with Gasteiger partial charge in [-0.05, 0) is 6.54 Å². The third kappa shape index (κ3) is 0.991. The molecule has 1 aromatic heterocycles. The summed E-state index contributed by atoms with van der Waals surface area (Å²) in [5.74, 6) is 0.772. The number of rotatable bonds is 2. The largest absolute Gasteiger partial charge is 0.476 e. The van der Waals surface area contributed by atoms with E-state index in [1.165, 1.54) is 5.56 Å². The fraction of sp³-hybridized carbons (Fsp3) is 0.571. The highest BCUT2D eigenvalue weighted by Gasteiger charge is 2.18. The lowest BCUT2D eigenvalue weighted by Crippen LogP contribution is -2.05. The van der Waals surface area contributed by atoms with Crippen molar-refractivity contribution in [1.82, 2.24) is 10.2 Å². The molecule has 2 rings (SSSR count). The van der Waals surface area contributed by atoms with Gasteiger partial charge in [0.25, 0.3) is 0 Å². The zero-order chi connectivity index (χ0) is 7.68. The highest BCUT2D eigenvalue weighted by atomic mass is 16.5. The summed E-state index contributed by atoms with van der Waals surface area (Å²) in [4.78, 5) is 0. The highest BCUT2D eigenvalue weighted by Crippen LogP contribution is 2.24. The summed E-state index contributed by atoms with van der Waals surface area (Å²) >= 11 is 0. The molecule has 0 spiro atoms. The van der Waals surface area contributed by atoms with E-state index >= 15 is 0 Å². The number of nitrogens with two attached hydrogens (primary N) is 1. The minimum absolute atomic E-state index is 0.661. The number of aromatic amines is 1. The highest BCUT2D eigenvalue weighted by molar-refractivity contribution is 5.33. The second kappa shape index (κ2) is 2.54. The standard InChI is InChI=1S/C7H11N3O/c8-3-1-6-5-2-4-11-7(5)10-9-6/h1-4,8H2,(H,9,10). The van der Waals surface area contributed by atoms with Crippen LogP contribution in [-0.4, -0.2) is 23.3 Å². The molecule has 3 N–H and O–H groups in total. The SMILES string of the molecule is NCCc1[nH]nc2c1CCO2. The quantitative estimate of drug-likeness (QED) is 0.620. The van der Waals surface area contributed by atoms with E-state index < -0.39 is 0 Å². The summed E-state index contributed by atoms with van der Waals surface area (Å²) in [5.41, 5.74) is 7.78. The summed E-state index contributed by atoms with van der Waals surface area (Å²) in [6, 6.07) is 0. The number of nitrogens with zero attached hydrogens (tertiary/aromatic N) is 1. The summed E-state index contributed by atoms with van der Waals surface area (Å²) < 4.78 is 5.24. The van der Waals surface area contributed by atoms with Crippen molar-refractivity contribution in [3.8, 4) is 5.88 Å².